The summed E-state index contributed by atoms with van der Waals surface area (Å²) in [6, 6.07) is 1.32. The second-order valence-corrected chi connectivity index (χ2v) is 5.93. The highest BCUT2D eigenvalue weighted by Gasteiger charge is 2.41. The predicted molar refractivity (Wildman–Crippen MR) is 72.5 cm³/mol. The quantitative estimate of drug-likeness (QED) is 0.790. The molecule has 0 bridgehead atoms. The lowest BCUT2D eigenvalue weighted by atomic mass is 10.3. The number of halogens is 4. The molecule has 0 radical (unpaired) electrons. The number of alkyl halides is 3. The Labute approximate surface area is 123 Å². The molecular formula is C13H16BrF3N2O. The zero-order chi connectivity index (χ0) is 14.9. The Kier molecular flexibility index (Phi) is 4.46. The van der Waals surface area contributed by atoms with Crippen LogP contribution in [0.4, 0.5) is 13.2 Å². The minimum absolute atomic E-state index is 0.270. The van der Waals surface area contributed by atoms with E-state index >= 15 is 0 Å². The van der Waals surface area contributed by atoms with E-state index in [9.17, 15) is 18.0 Å². The highest BCUT2D eigenvalue weighted by Crippen LogP contribution is 2.32. The van der Waals surface area contributed by atoms with Gasteiger partial charge in [-0.2, -0.15) is 13.2 Å². The van der Waals surface area contributed by atoms with Gasteiger partial charge in [0.15, 0.2) is 0 Å². The van der Waals surface area contributed by atoms with E-state index in [1.807, 2.05) is 6.92 Å². The van der Waals surface area contributed by atoms with Crippen molar-refractivity contribution < 1.29 is 18.0 Å². The third-order valence-corrected chi connectivity index (χ3v) is 3.58. The Balaban J connectivity index is 2.23. The summed E-state index contributed by atoms with van der Waals surface area (Å²) in [6.07, 6.45) is -0.522. The van der Waals surface area contributed by atoms with Gasteiger partial charge in [0.05, 0.1) is 0 Å². The normalized spacial score (nSPS) is 15.4. The molecule has 1 saturated carbocycles. The molecule has 1 aromatic rings. The van der Waals surface area contributed by atoms with Crippen molar-refractivity contribution in [2.45, 2.75) is 44.9 Å². The smallest absolute Gasteiger partial charge is 0.342 e. The maximum absolute atomic E-state index is 12.6. The van der Waals surface area contributed by atoms with Gasteiger partial charge in [-0.3, -0.25) is 4.79 Å². The van der Waals surface area contributed by atoms with E-state index in [4.69, 9.17) is 0 Å². The van der Waals surface area contributed by atoms with Crippen molar-refractivity contribution in [3.05, 3.63) is 22.4 Å². The molecule has 2 rings (SSSR count). The molecule has 1 aromatic heterocycles. The molecule has 1 heterocycles. The highest BCUT2D eigenvalue weighted by molar-refractivity contribution is 9.10. The number of aromatic nitrogens is 1. The maximum atomic E-state index is 12.6. The number of carbonyl (C=O) groups excluding carboxylic acids is 1. The third-order valence-electron chi connectivity index (χ3n) is 3.14. The second-order valence-electron chi connectivity index (χ2n) is 5.02. The summed E-state index contributed by atoms with van der Waals surface area (Å²) in [5.74, 6) is -0.538. The number of aryl methyl sites for hydroxylation is 1. The van der Waals surface area contributed by atoms with Crippen LogP contribution in [0, 0.1) is 0 Å². The van der Waals surface area contributed by atoms with Crippen LogP contribution < -0.4 is 0 Å². The topological polar surface area (TPSA) is 25.2 Å². The molecule has 1 aliphatic rings. The molecule has 0 unspecified atom stereocenters. The van der Waals surface area contributed by atoms with Gasteiger partial charge in [-0.1, -0.05) is 6.92 Å². The van der Waals surface area contributed by atoms with Crippen LogP contribution >= 0.6 is 15.9 Å². The summed E-state index contributed by atoms with van der Waals surface area (Å²) < 4.78 is 40.3. The Morgan fingerprint density at radius 3 is 2.65 bits per heavy atom. The van der Waals surface area contributed by atoms with E-state index < -0.39 is 18.6 Å². The standard InChI is InChI=1S/C13H16BrF3N2O/c1-2-5-18-7-9(14)6-11(18)12(20)19(10-3-4-10)8-13(15,16)17/h6-7,10H,2-5,8H2,1H3. The van der Waals surface area contributed by atoms with Crippen molar-refractivity contribution in [3.8, 4) is 0 Å². The van der Waals surface area contributed by atoms with Gasteiger partial charge >= 0.3 is 6.18 Å². The number of amides is 1. The first-order valence-electron chi connectivity index (χ1n) is 6.55. The van der Waals surface area contributed by atoms with Gasteiger partial charge in [-0.15, -0.1) is 0 Å². The van der Waals surface area contributed by atoms with Gasteiger partial charge in [0.25, 0.3) is 5.91 Å². The van der Waals surface area contributed by atoms with Crippen molar-refractivity contribution >= 4 is 21.8 Å². The molecule has 112 valence electrons. The average molecular weight is 353 g/mol. The monoisotopic (exact) mass is 352 g/mol. The van der Waals surface area contributed by atoms with Gasteiger partial charge in [0, 0.05) is 23.3 Å². The molecule has 1 amide bonds. The Morgan fingerprint density at radius 2 is 2.15 bits per heavy atom. The van der Waals surface area contributed by atoms with Gasteiger partial charge in [-0.05, 0) is 41.3 Å². The Hall–Kier alpha value is -0.980. The summed E-state index contributed by atoms with van der Waals surface area (Å²) in [6.45, 7) is 1.39. The minimum Gasteiger partial charge on any atom is -0.342 e. The van der Waals surface area contributed by atoms with Crippen molar-refractivity contribution in [2.75, 3.05) is 6.54 Å². The molecule has 0 N–H and O–H groups in total. The van der Waals surface area contributed by atoms with Crippen molar-refractivity contribution in [1.29, 1.82) is 0 Å². The van der Waals surface area contributed by atoms with Crippen LogP contribution in [0.5, 0.6) is 0 Å². The van der Waals surface area contributed by atoms with Crippen LogP contribution in [0.1, 0.15) is 36.7 Å². The molecule has 0 spiro atoms. The fraction of sp³-hybridized carbons (Fsp3) is 0.615. The molecule has 7 heteroatoms. The van der Waals surface area contributed by atoms with E-state index in [2.05, 4.69) is 15.9 Å². The third kappa shape index (κ3) is 3.77. The predicted octanol–water partition coefficient (Wildman–Crippen LogP) is 3.83. The number of hydrogen-bond acceptors (Lipinski definition) is 1. The first-order chi connectivity index (χ1) is 9.31. The number of nitrogens with zero attached hydrogens (tertiary/aromatic N) is 2. The molecular weight excluding hydrogens is 337 g/mol. The molecule has 3 nitrogen and oxygen atoms in total. The highest BCUT2D eigenvalue weighted by atomic mass is 79.9. The fourth-order valence-electron chi connectivity index (χ4n) is 2.17. The lowest BCUT2D eigenvalue weighted by Gasteiger charge is -2.24. The van der Waals surface area contributed by atoms with Crippen LogP contribution in [0.15, 0.2) is 16.7 Å². The van der Waals surface area contributed by atoms with E-state index in [1.54, 1.807) is 16.8 Å². The van der Waals surface area contributed by atoms with Crippen LogP contribution in [0.25, 0.3) is 0 Å². The fourth-order valence-corrected chi connectivity index (χ4v) is 2.64. The van der Waals surface area contributed by atoms with E-state index in [1.165, 1.54) is 0 Å². The van der Waals surface area contributed by atoms with Crippen LogP contribution in [0.2, 0.25) is 0 Å². The average Bonchev–Trinajstić information content (AvgIpc) is 3.09. The SMILES string of the molecule is CCCn1cc(Br)cc1C(=O)N(CC(F)(F)F)C1CC1. The first-order valence-corrected chi connectivity index (χ1v) is 7.34. The molecule has 0 atom stereocenters. The Morgan fingerprint density at radius 1 is 1.50 bits per heavy atom. The summed E-state index contributed by atoms with van der Waals surface area (Å²) in [5.41, 5.74) is 0.315. The van der Waals surface area contributed by atoms with E-state index in [-0.39, 0.29) is 6.04 Å². The molecule has 1 fully saturated rings. The molecule has 20 heavy (non-hydrogen) atoms. The van der Waals surface area contributed by atoms with Crippen molar-refractivity contribution in [2.24, 2.45) is 0 Å². The van der Waals surface area contributed by atoms with Crippen LogP contribution in [0.3, 0.4) is 0 Å². The number of rotatable bonds is 5. The summed E-state index contributed by atoms with van der Waals surface area (Å²) in [7, 11) is 0. The zero-order valence-corrected chi connectivity index (χ0v) is 12.7. The van der Waals surface area contributed by atoms with Gasteiger partial charge in [0.1, 0.15) is 12.2 Å². The van der Waals surface area contributed by atoms with Gasteiger partial charge in [0.2, 0.25) is 0 Å². The summed E-state index contributed by atoms with van der Waals surface area (Å²) >= 11 is 3.27. The van der Waals surface area contributed by atoms with Gasteiger partial charge in [-0.25, -0.2) is 0 Å². The van der Waals surface area contributed by atoms with Gasteiger partial charge < -0.3 is 9.47 Å². The molecule has 0 aromatic carbocycles. The summed E-state index contributed by atoms with van der Waals surface area (Å²) in [4.78, 5) is 13.3. The van der Waals surface area contributed by atoms with Crippen molar-refractivity contribution in [3.63, 3.8) is 0 Å². The lowest BCUT2D eigenvalue weighted by Crippen LogP contribution is -2.41. The molecule has 1 aliphatic carbocycles. The Bertz CT molecular complexity index is 494. The molecule has 0 saturated heterocycles. The second kappa shape index (κ2) is 5.79. The number of carbonyl (C=O) groups is 1. The van der Waals surface area contributed by atoms with Crippen LogP contribution in [-0.4, -0.2) is 34.1 Å². The maximum Gasteiger partial charge on any atom is 0.406 e. The van der Waals surface area contributed by atoms with Crippen molar-refractivity contribution in [1.82, 2.24) is 9.47 Å². The van der Waals surface area contributed by atoms with E-state index in [0.717, 1.165) is 11.3 Å². The molecule has 0 aliphatic heterocycles. The summed E-state index contributed by atoms with van der Waals surface area (Å²) in [5, 5.41) is 0. The minimum atomic E-state index is -4.36. The first kappa shape index (κ1) is 15.4. The van der Waals surface area contributed by atoms with E-state index in [0.29, 0.717) is 29.6 Å². The lowest BCUT2D eigenvalue weighted by molar-refractivity contribution is -0.141. The van der Waals surface area contributed by atoms with Crippen LogP contribution in [-0.2, 0) is 6.54 Å². The zero-order valence-electron chi connectivity index (χ0n) is 11.1. The largest absolute Gasteiger partial charge is 0.406 e. The number of hydrogen-bond donors (Lipinski definition) is 0.